The monoisotopic (exact) mass is 361 g/mol. The molecule has 0 radical (unpaired) electrons. The van der Waals surface area contributed by atoms with Gasteiger partial charge < -0.3 is 25.4 Å². The predicted octanol–water partition coefficient (Wildman–Crippen LogP) is -2.36. The van der Waals surface area contributed by atoms with Crippen LogP contribution in [0.4, 0.5) is 5.95 Å². The van der Waals surface area contributed by atoms with E-state index in [0.29, 0.717) is 0 Å². The molecule has 130 valence electrons. The first-order valence-electron chi connectivity index (χ1n) is 6.47. The number of nitrogens with zero attached hydrogens (tertiary/aromatic N) is 3. The number of ether oxygens (including phenoxy) is 1. The van der Waals surface area contributed by atoms with E-state index in [2.05, 4.69) is 19.5 Å². The van der Waals surface area contributed by atoms with Gasteiger partial charge in [0.05, 0.1) is 12.9 Å². The van der Waals surface area contributed by atoms with Crippen LogP contribution in [-0.2, 0) is 18.6 Å². The molecule has 2 aromatic rings. The summed E-state index contributed by atoms with van der Waals surface area (Å²) in [4.78, 5) is 51.1. The topological polar surface area (TPSA) is 203 Å². The maximum atomic E-state index is 12.1. The number of carbonyl (C=O) groups excluding carboxylic acids is 1. The number of aromatic nitrogens is 4. The number of nitrogens with two attached hydrogens (primary N) is 1. The molecule has 3 heterocycles. The van der Waals surface area contributed by atoms with Gasteiger partial charge >= 0.3 is 7.82 Å². The van der Waals surface area contributed by atoms with Crippen LogP contribution in [0, 0.1) is 0 Å². The lowest BCUT2D eigenvalue weighted by molar-refractivity contribution is -0.130. The van der Waals surface area contributed by atoms with Crippen molar-refractivity contribution in [1.82, 2.24) is 19.5 Å². The van der Waals surface area contributed by atoms with Crippen molar-refractivity contribution in [2.75, 3.05) is 12.3 Å². The molecule has 1 aliphatic heterocycles. The van der Waals surface area contributed by atoms with Gasteiger partial charge in [0, 0.05) is 0 Å². The van der Waals surface area contributed by atoms with E-state index in [1.165, 1.54) is 0 Å². The molecule has 0 amide bonds. The van der Waals surface area contributed by atoms with Gasteiger partial charge in [0.2, 0.25) is 11.7 Å². The number of fused-ring (bicyclic) bond motifs is 1. The van der Waals surface area contributed by atoms with Crippen molar-refractivity contribution in [3.8, 4) is 0 Å². The summed E-state index contributed by atoms with van der Waals surface area (Å²) >= 11 is 0. The number of anilines is 1. The predicted molar refractivity (Wildman–Crippen MR) is 75.5 cm³/mol. The Bertz CT molecular complexity index is 902. The molecule has 1 aliphatic rings. The first-order valence-corrected chi connectivity index (χ1v) is 8.00. The first-order chi connectivity index (χ1) is 11.2. The minimum absolute atomic E-state index is 0.0432. The van der Waals surface area contributed by atoms with Gasteiger partial charge in [-0.05, 0) is 0 Å². The SMILES string of the molecule is Nc1nc2c(ncn2[C@@H]2O[C@H](COP(=O)(O)O)[C@@H](O)C2=O)c(=O)[nH]1. The average Bonchev–Trinajstić information content (AvgIpc) is 3.00. The quantitative estimate of drug-likeness (QED) is 0.364. The largest absolute Gasteiger partial charge is 0.469 e. The third-order valence-corrected chi connectivity index (χ3v) is 3.79. The zero-order valence-electron chi connectivity index (χ0n) is 11.8. The van der Waals surface area contributed by atoms with Crippen molar-refractivity contribution in [2.24, 2.45) is 0 Å². The van der Waals surface area contributed by atoms with Crippen LogP contribution >= 0.6 is 7.82 Å². The Hall–Kier alpha value is -2.15. The molecule has 0 bridgehead atoms. The maximum absolute atomic E-state index is 12.1. The zero-order chi connectivity index (χ0) is 17.6. The number of H-pyrrole nitrogens is 1. The molecule has 0 aliphatic carbocycles. The summed E-state index contributed by atoms with van der Waals surface area (Å²) in [6.07, 6.45) is -3.29. The Balaban J connectivity index is 1.92. The number of imidazole rings is 1. The van der Waals surface area contributed by atoms with Crippen LogP contribution in [-0.4, -0.2) is 59.0 Å². The van der Waals surface area contributed by atoms with Gasteiger partial charge in [0.25, 0.3) is 5.56 Å². The molecule has 0 spiro atoms. The molecule has 14 heteroatoms. The van der Waals surface area contributed by atoms with E-state index in [1.54, 1.807) is 0 Å². The summed E-state index contributed by atoms with van der Waals surface area (Å²) in [6, 6.07) is 0. The number of Topliss-reactive ketones (excluding diaryl/α,β-unsaturated/α-hetero) is 1. The summed E-state index contributed by atoms with van der Waals surface area (Å²) in [5.41, 5.74) is 4.69. The van der Waals surface area contributed by atoms with Crippen LogP contribution in [0.25, 0.3) is 11.2 Å². The lowest BCUT2D eigenvalue weighted by Crippen LogP contribution is -2.30. The molecule has 0 saturated carbocycles. The van der Waals surface area contributed by atoms with Crippen LogP contribution < -0.4 is 11.3 Å². The van der Waals surface area contributed by atoms with Gasteiger partial charge in [-0.25, -0.2) is 9.55 Å². The smallest absolute Gasteiger partial charge is 0.382 e. The van der Waals surface area contributed by atoms with Crippen molar-refractivity contribution in [1.29, 1.82) is 0 Å². The molecule has 2 aromatic heterocycles. The zero-order valence-corrected chi connectivity index (χ0v) is 12.7. The van der Waals surface area contributed by atoms with Gasteiger partial charge in [-0.1, -0.05) is 0 Å². The number of hydrogen-bond donors (Lipinski definition) is 5. The highest BCUT2D eigenvalue weighted by molar-refractivity contribution is 7.46. The second kappa shape index (κ2) is 5.73. The molecule has 0 aromatic carbocycles. The summed E-state index contributed by atoms with van der Waals surface area (Å²) in [7, 11) is -4.79. The van der Waals surface area contributed by atoms with Crippen LogP contribution in [0.3, 0.4) is 0 Å². The lowest BCUT2D eigenvalue weighted by Gasteiger charge is -2.14. The second-order valence-corrected chi connectivity index (χ2v) is 6.18. The van der Waals surface area contributed by atoms with Gasteiger partial charge in [-0.15, -0.1) is 0 Å². The highest BCUT2D eigenvalue weighted by Crippen LogP contribution is 2.37. The van der Waals surface area contributed by atoms with E-state index in [4.69, 9.17) is 20.3 Å². The minimum Gasteiger partial charge on any atom is -0.382 e. The number of nitrogen functional groups attached to an aromatic ring is 1. The Morgan fingerprint density at radius 3 is 2.83 bits per heavy atom. The molecule has 3 rings (SSSR count). The van der Waals surface area contributed by atoms with Crippen molar-refractivity contribution in [3.63, 3.8) is 0 Å². The van der Waals surface area contributed by atoms with E-state index in [1.807, 2.05) is 0 Å². The lowest BCUT2D eigenvalue weighted by atomic mass is 10.2. The molecule has 24 heavy (non-hydrogen) atoms. The van der Waals surface area contributed by atoms with E-state index in [-0.39, 0.29) is 17.1 Å². The fourth-order valence-electron chi connectivity index (χ4n) is 2.25. The first kappa shape index (κ1) is 16.7. The van der Waals surface area contributed by atoms with E-state index < -0.39 is 44.2 Å². The van der Waals surface area contributed by atoms with Crippen molar-refractivity contribution in [3.05, 3.63) is 16.7 Å². The number of hydrogen-bond acceptors (Lipinski definition) is 9. The summed E-state index contributed by atoms with van der Waals surface area (Å²) in [6.45, 7) is -0.712. The van der Waals surface area contributed by atoms with Gasteiger partial charge in [0.1, 0.15) is 12.2 Å². The Morgan fingerprint density at radius 1 is 1.46 bits per heavy atom. The van der Waals surface area contributed by atoms with Crippen LogP contribution in [0.5, 0.6) is 0 Å². The van der Waals surface area contributed by atoms with Gasteiger partial charge in [-0.3, -0.25) is 23.7 Å². The third kappa shape index (κ3) is 2.96. The highest BCUT2D eigenvalue weighted by atomic mass is 31.2. The molecule has 0 unspecified atom stereocenters. The van der Waals surface area contributed by atoms with Crippen LogP contribution in [0.1, 0.15) is 6.23 Å². The van der Waals surface area contributed by atoms with Crippen molar-refractivity contribution < 1.29 is 33.5 Å². The maximum Gasteiger partial charge on any atom is 0.469 e. The molecular weight excluding hydrogens is 349 g/mol. The number of carbonyl (C=O) groups is 1. The normalized spacial score (nSPS) is 24.8. The minimum atomic E-state index is -4.79. The number of aromatic amines is 1. The number of rotatable bonds is 4. The molecule has 1 saturated heterocycles. The third-order valence-electron chi connectivity index (χ3n) is 3.30. The number of phosphoric ester groups is 1. The Kier molecular flexibility index (Phi) is 3.99. The average molecular weight is 361 g/mol. The Labute approximate surface area is 132 Å². The van der Waals surface area contributed by atoms with Crippen LogP contribution in [0.15, 0.2) is 11.1 Å². The summed E-state index contributed by atoms with van der Waals surface area (Å²) in [5, 5.41) is 9.85. The summed E-state index contributed by atoms with van der Waals surface area (Å²) < 4.78 is 21.3. The fraction of sp³-hybridized carbons (Fsp3) is 0.400. The number of ketones is 1. The van der Waals surface area contributed by atoms with E-state index in [9.17, 15) is 19.3 Å². The number of nitrogens with one attached hydrogen (secondary N) is 1. The molecule has 3 atom stereocenters. The molecule has 13 nitrogen and oxygen atoms in total. The van der Waals surface area contributed by atoms with Crippen molar-refractivity contribution >= 4 is 30.7 Å². The van der Waals surface area contributed by atoms with E-state index in [0.717, 1.165) is 10.9 Å². The Morgan fingerprint density at radius 2 is 2.17 bits per heavy atom. The fourth-order valence-corrected chi connectivity index (χ4v) is 2.60. The van der Waals surface area contributed by atoms with Gasteiger partial charge in [0.15, 0.2) is 17.4 Å². The van der Waals surface area contributed by atoms with Gasteiger partial charge in [-0.2, -0.15) is 4.98 Å². The molecular formula is C10H12N5O8P. The standard InChI is InChI=1S/C10H12N5O8P/c11-10-13-7-4(8(18)14-10)12-2-15(7)9-6(17)5(16)3(23-9)1-22-24(19,20)21/h2-3,5,9,16H,1H2,(H2,19,20,21)(H3,11,13,14,18)/t3-,5-,9-/m1/s1. The van der Waals surface area contributed by atoms with E-state index >= 15 is 0 Å². The second-order valence-electron chi connectivity index (χ2n) is 4.94. The number of phosphoric acid groups is 1. The summed E-state index contributed by atoms with van der Waals surface area (Å²) in [5.74, 6) is -1.02. The van der Waals surface area contributed by atoms with Crippen LogP contribution in [0.2, 0.25) is 0 Å². The number of aliphatic hydroxyl groups excluding tert-OH is 1. The van der Waals surface area contributed by atoms with Crippen molar-refractivity contribution in [2.45, 2.75) is 18.4 Å². The molecule has 6 N–H and O–H groups in total. The highest BCUT2D eigenvalue weighted by Gasteiger charge is 2.45. The number of aliphatic hydroxyl groups is 1. The molecule has 1 fully saturated rings.